The van der Waals surface area contributed by atoms with Crippen molar-refractivity contribution in [2.75, 3.05) is 18.2 Å². The lowest BCUT2D eigenvalue weighted by Crippen LogP contribution is -2.30. The predicted molar refractivity (Wildman–Crippen MR) is 81.6 cm³/mol. The standard InChI is InChI=1S/C16H24N2O2/c1-3-11-4-9-14(17)15(10-11)18-13-7-5-12(6-8-13)16(19)20-2/h4,9-10,12-13,18H,3,5-8,17H2,1-2H3/t12-,13+. The largest absolute Gasteiger partial charge is 0.469 e. The van der Waals surface area contributed by atoms with E-state index in [9.17, 15) is 4.79 Å². The number of nitrogen functional groups attached to an aromatic ring is 1. The zero-order valence-corrected chi connectivity index (χ0v) is 12.3. The number of hydrogen-bond acceptors (Lipinski definition) is 4. The molecule has 1 fully saturated rings. The molecule has 1 aromatic rings. The van der Waals surface area contributed by atoms with Gasteiger partial charge in [0.05, 0.1) is 24.4 Å². The molecule has 0 bridgehead atoms. The van der Waals surface area contributed by atoms with Gasteiger partial charge in [0.1, 0.15) is 0 Å². The van der Waals surface area contributed by atoms with E-state index in [1.165, 1.54) is 12.7 Å². The third-order valence-electron chi connectivity index (χ3n) is 4.15. The summed E-state index contributed by atoms with van der Waals surface area (Å²) < 4.78 is 4.81. The Morgan fingerprint density at radius 2 is 2.05 bits per heavy atom. The Balaban J connectivity index is 1.94. The van der Waals surface area contributed by atoms with E-state index in [-0.39, 0.29) is 11.9 Å². The van der Waals surface area contributed by atoms with E-state index in [1.807, 2.05) is 6.07 Å². The Bertz CT molecular complexity index is 466. The fourth-order valence-electron chi connectivity index (χ4n) is 2.81. The maximum absolute atomic E-state index is 11.5. The maximum atomic E-state index is 11.5. The highest BCUT2D eigenvalue weighted by Gasteiger charge is 2.26. The molecule has 110 valence electrons. The van der Waals surface area contributed by atoms with E-state index in [4.69, 9.17) is 10.5 Å². The van der Waals surface area contributed by atoms with Crippen LogP contribution in [0.15, 0.2) is 18.2 Å². The Hall–Kier alpha value is -1.71. The Labute approximate surface area is 120 Å². The number of hydrogen-bond donors (Lipinski definition) is 2. The average Bonchev–Trinajstić information content (AvgIpc) is 2.49. The first-order chi connectivity index (χ1) is 9.63. The van der Waals surface area contributed by atoms with Crippen LogP contribution in [-0.4, -0.2) is 19.1 Å². The normalized spacial score (nSPS) is 22.3. The van der Waals surface area contributed by atoms with Gasteiger partial charge in [0.15, 0.2) is 0 Å². The van der Waals surface area contributed by atoms with Gasteiger partial charge < -0.3 is 15.8 Å². The number of methoxy groups -OCH3 is 1. The fraction of sp³-hybridized carbons (Fsp3) is 0.562. The topological polar surface area (TPSA) is 64.3 Å². The molecule has 1 saturated carbocycles. The van der Waals surface area contributed by atoms with E-state index in [0.29, 0.717) is 6.04 Å². The van der Waals surface area contributed by atoms with E-state index in [0.717, 1.165) is 43.5 Å². The SMILES string of the molecule is CCc1ccc(N)c(N[C@H]2CC[C@@H](C(=O)OC)CC2)c1. The number of carbonyl (C=O) groups is 1. The van der Waals surface area contributed by atoms with E-state index >= 15 is 0 Å². The molecule has 1 aliphatic rings. The molecule has 3 N–H and O–H groups in total. The molecule has 0 radical (unpaired) electrons. The van der Waals surface area contributed by atoms with E-state index in [2.05, 4.69) is 24.4 Å². The predicted octanol–water partition coefficient (Wildman–Crippen LogP) is 2.97. The number of aryl methyl sites for hydroxylation is 1. The van der Waals surface area contributed by atoms with Crippen molar-refractivity contribution in [1.29, 1.82) is 0 Å². The second-order valence-electron chi connectivity index (χ2n) is 5.49. The van der Waals surface area contributed by atoms with Crippen molar-refractivity contribution in [2.45, 2.75) is 45.1 Å². The van der Waals surface area contributed by atoms with Crippen molar-refractivity contribution in [2.24, 2.45) is 5.92 Å². The van der Waals surface area contributed by atoms with Gasteiger partial charge in [-0.05, 0) is 49.8 Å². The van der Waals surface area contributed by atoms with Crippen molar-refractivity contribution in [3.05, 3.63) is 23.8 Å². The van der Waals surface area contributed by atoms with E-state index < -0.39 is 0 Å². The lowest BCUT2D eigenvalue weighted by atomic mass is 9.86. The summed E-state index contributed by atoms with van der Waals surface area (Å²) in [5.41, 5.74) is 9.11. The molecule has 1 aromatic carbocycles. The molecule has 0 saturated heterocycles. The third-order valence-corrected chi connectivity index (χ3v) is 4.15. The molecule has 2 rings (SSSR count). The molecule has 0 spiro atoms. The molecule has 0 aromatic heterocycles. The summed E-state index contributed by atoms with van der Waals surface area (Å²) in [4.78, 5) is 11.5. The number of carbonyl (C=O) groups excluding carboxylic acids is 1. The molecule has 0 atom stereocenters. The van der Waals surface area contributed by atoms with Crippen molar-refractivity contribution >= 4 is 17.3 Å². The number of benzene rings is 1. The second kappa shape index (κ2) is 6.64. The summed E-state index contributed by atoms with van der Waals surface area (Å²) in [5, 5.41) is 3.52. The lowest BCUT2D eigenvalue weighted by molar-refractivity contribution is -0.146. The molecule has 4 nitrogen and oxygen atoms in total. The van der Waals surface area contributed by atoms with Crippen molar-refractivity contribution < 1.29 is 9.53 Å². The quantitative estimate of drug-likeness (QED) is 0.655. The minimum Gasteiger partial charge on any atom is -0.469 e. The minimum absolute atomic E-state index is 0.0670. The van der Waals surface area contributed by atoms with Crippen LogP contribution >= 0.6 is 0 Å². The summed E-state index contributed by atoms with van der Waals surface area (Å²) in [7, 11) is 1.46. The molecule has 1 aliphatic carbocycles. The molecule has 0 heterocycles. The van der Waals surface area contributed by atoms with Crippen LogP contribution in [0.3, 0.4) is 0 Å². The van der Waals surface area contributed by atoms with Crippen LogP contribution < -0.4 is 11.1 Å². The Morgan fingerprint density at radius 3 is 2.65 bits per heavy atom. The van der Waals surface area contributed by atoms with Crippen LogP contribution in [0.25, 0.3) is 0 Å². The first-order valence-corrected chi connectivity index (χ1v) is 7.36. The van der Waals surface area contributed by atoms with Crippen LogP contribution in [0.1, 0.15) is 38.2 Å². The van der Waals surface area contributed by atoms with Crippen LogP contribution in [0.4, 0.5) is 11.4 Å². The van der Waals surface area contributed by atoms with Gasteiger partial charge in [-0.15, -0.1) is 0 Å². The lowest BCUT2D eigenvalue weighted by Gasteiger charge is -2.28. The molecular weight excluding hydrogens is 252 g/mol. The molecule has 0 unspecified atom stereocenters. The van der Waals surface area contributed by atoms with E-state index in [1.54, 1.807) is 0 Å². The highest BCUT2D eigenvalue weighted by molar-refractivity contribution is 5.72. The van der Waals surface area contributed by atoms with Crippen molar-refractivity contribution in [3.63, 3.8) is 0 Å². The Kier molecular flexibility index (Phi) is 4.88. The number of nitrogens with one attached hydrogen (secondary N) is 1. The number of anilines is 2. The fourth-order valence-corrected chi connectivity index (χ4v) is 2.81. The summed E-state index contributed by atoms with van der Waals surface area (Å²) >= 11 is 0. The molecule has 20 heavy (non-hydrogen) atoms. The summed E-state index contributed by atoms with van der Waals surface area (Å²) in [6, 6.07) is 6.54. The molecule has 4 heteroatoms. The number of esters is 1. The Morgan fingerprint density at radius 1 is 1.35 bits per heavy atom. The summed E-state index contributed by atoms with van der Waals surface area (Å²) in [6.45, 7) is 2.14. The number of ether oxygens (including phenoxy) is 1. The maximum Gasteiger partial charge on any atom is 0.308 e. The zero-order chi connectivity index (χ0) is 14.5. The zero-order valence-electron chi connectivity index (χ0n) is 12.3. The first-order valence-electron chi connectivity index (χ1n) is 7.36. The van der Waals surface area contributed by atoms with Gasteiger partial charge in [-0.25, -0.2) is 0 Å². The van der Waals surface area contributed by atoms with Gasteiger partial charge in [-0.1, -0.05) is 13.0 Å². The van der Waals surface area contributed by atoms with Gasteiger partial charge in [0.2, 0.25) is 0 Å². The van der Waals surface area contributed by atoms with Gasteiger partial charge in [0, 0.05) is 6.04 Å². The van der Waals surface area contributed by atoms with Crippen LogP contribution in [-0.2, 0) is 16.0 Å². The minimum atomic E-state index is -0.0732. The van der Waals surface area contributed by atoms with Gasteiger partial charge in [-0.2, -0.15) is 0 Å². The average molecular weight is 276 g/mol. The number of rotatable bonds is 4. The summed E-state index contributed by atoms with van der Waals surface area (Å²) in [6.07, 6.45) is 4.74. The highest BCUT2D eigenvalue weighted by atomic mass is 16.5. The van der Waals surface area contributed by atoms with Crippen LogP contribution in [0.5, 0.6) is 0 Å². The van der Waals surface area contributed by atoms with Crippen LogP contribution in [0, 0.1) is 5.92 Å². The summed E-state index contributed by atoms with van der Waals surface area (Å²) in [5.74, 6) is -0.00619. The highest BCUT2D eigenvalue weighted by Crippen LogP contribution is 2.29. The molecule has 0 aliphatic heterocycles. The molecular formula is C16H24N2O2. The van der Waals surface area contributed by atoms with Gasteiger partial charge in [0.25, 0.3) is 0 Å². The second-order valence-corrected chi connectivity index (χ2v) is 5.49. The number of nitrogens with two attached hydrogens (primary N) is 1. The first kappa shape index (κ1) is 14.7. The monoisotopic (exact) mass is 276 g/mol. The molecule has 0 amide bonds. The van der Waals surface area contributed by atoms with Crippen molar-refractivity contribution in [3.8, 4) is 0 Å². The van der Waals surface area contributed by atoms with Crippen LogP contribution in [0.2, 0.25) is 0 Å². The van der Waals surface area contributed by atoms with Gasteiger partial charge >= 0.3 is 5.97 Å². The third kappa shape index (κ3) is 3.44. The van der Waals surface area contributed by atoms with Crippen molar-refractivity contribution in [1.82, 2.24) is 0 Å². The van der Waals surface area contributed by atoms with Gasteiger partial charge in [-0.3, -0.25) is 4.79 Å². The smallest absolute Gasteiger partial charge is 0.308 e.